The molecule has 0 atom stereocenters. The standard InChI is InChI=1S/C21H37N/c1-3-5-7-9-11-13-16-20-17-15-19-22-21(20)18-14-12-10-8-6-4-2/h15,17,19H,3-14,16,18H2,1-2H3. The summed E-state index contributed by atoms with van der Waals surface area (Å²) >= 11 is 0. The van der Waals surface area contributed by atoms with Crippen LogP contribution in [0, 0.1) is 0 Å². The third kappa shape index (κ3) is 9.23. The summed E-state index contributed by atoms with van der Waals surface area (Å²) in [7, 11) is 0. The van der Waals surface area contributed by atoms with E-state index in [1.165, 1.54) is 101 Å². The Morgan fingerprint density at radius 1 is 0.682 bits per heavy atom. The summed E-state index contributed by atoms with van der Waals surface area (Å²) in [6.07, 6.45) is 20.9. The Morgan fingerprint density at radius 2 is 1.23 bits per heavy atom. The molecule has 1 heteroatoms. The highest BCUT2D eigenvalue weighted by atomic mass is 14.7. The summed E-state index contributed by atoms with van der Waals surface area (Å²) in [5.74, 6) is 0. The molecule has 0 amide bonds. The molecule has 1 nitrogen and oxygen atoms in total. The van der Waals surface area contributed by atoms with Gasteiger partial charge in [-0.15, -0.1) is 0 Å². The van der Waals surface area contributed by atoms with Gasteiger partial charge >= 0.3 is 0 Å². The van der Waals surface area contributed by atoms with Crippen LogP contribution in [0.5, 0.6) is 0 Å². The number of pyridine rings is 1. The van der Waals surface area contributed by atoms with E-state index in [0.29, 0.717) is 0 Å². The monoisotopic (exact) mass is 303 g/mol. The van der Waals surface area contributed by atoms with Crippen molar-refractivity contribution >= 4 is 0 Å². The fraction of sp³-hybridized carbons (Fsp3) is 0.762. The van der Waals surface area contributed by atoms with Gasteiger partial charge in [0.05, 0.1) is 0 Å². The molecule has 0 saturated heterocycles. The lowest BCUT2D eigenvalue weighted by atomic mass is 10.0. The van der Waals surface area contributed by atoms with Crippen LogP contribution in [0.4, 0.5) is 0 Å². The normalized spacial score (nSPS) is 11.0. The van der Waals surface area contributed by atoms with Crippen LogP contribution in [-0.4, -0.2) is 4.98 Å². The fourth-order valence-corrected chi connectivity index (χ4v) is 3.09. The van der Waals surface area contributed by atoms with E-state index in [0.717, 1.165) is 0 Å². The summed E-state index contributed by atoms with van der Waals surface area (Å²) in [6.45, 7) is 4.56. The van der Waals surface area contributed by atoms with E-state index in [9.17, 15) is 0 Å². The maximum Gasteiger partial charge on any atom is 0.0435 e. The maximum atomic E-state index is 4.64. The summed E-state index contributed by atoms with van der Waals surface area (Å²) < 4.78 is 0. The van der Waals surface area contributed by atoms with E-state index < -0.39 is 0 Å². The lowest BCUT2D eigenvalue weighted by Gasteiger charge is -2.08. The van der Waals surface area contributed by atoms with Gasteiger partial charge in [-0.25, -0.2) is 0 Å². The minimum Gasteiger partial charge on any atom is -0.261 e. The van der Waals surface area contributed by atoms with E-state index in [1.807, 2.05) is 6.20 Å². The molecule has 0 aliphatic carbocycles. The van der Waals surface area contributed by atoms with Gasteiger partial charge in [0.25, 0.3) is 0 Å². The van der Waals surface area contributed by atoms with Crippen LogP contribution in [0.3, 0.4) is 0 Å². The molecular formula is C21H37N. The van der Waals surface area contributed by atoms with E-state index in [-0.39, 0.29) is 0 Å². The molecule has 1 rings (SSSR count). The third-order valence-corrected chi connectivity index (χ3v) is 4.55. The molecule has 0 N–H and O–H groups in total. The van der Waals surface area contributed by atoms with Crippen molar-refractivity contribution in [3.63, 3.8) is 0 Å². The highest BCUT2D eigenvalue weighted by Gasteiger charge is 2.03. The number of rotatable bonds is 14. The first-order chi connectivity index (χ1) is 10.9. The van der Waals surface area contributed by atoms with Gasteiger partial charge in [0.1, 0.15) is 0 Å². The zero-order valence-corrected chi connectivity index (χ0v) is 15.1. The smallest absolute Gasteiger partial charge is 0.0435 e. The van der Waals surface area contributed by atoms with Gasteiger partial charge in [0.15, 0.2) is 0 Å². The van der Waals surface area contributed by atoms with Gasteiger partial charge in [0.2, 0.25) is 0 Å². The second kappa shape index (κ2) is 13.8. The van der Waals surface area contributed by atoms with Crippen molar-refractivity contribution in [1.29, 1.82) is 0 Å². The molecule has 0 fully saturated rings. The van der Waals surface area contributed by atoms with Crippen molar-refractivity contribution in [2.45, 2.75) is 104 Å². The lowest BCUT2D eigenvalue weighted by molar-refractivity contribution is 0.596. The van der Waals surface area contributed by atoms with Crippen LogP contribution >= 0.6 is 0 Å². The van der Waals surface area contributed by atoms with Gasteiger partial charge in [-0.3, -0.25) is 4.98 Å². The Morgan fingerprint density at radius 3 is 1.86 bits per heavy atom. The summed E-state index contributed by atoms with van der Waals surface area (Å²) in [5, 5.41) is 0. The summed E-state index contributed by atoms with van der Waals surface area (Å²) in [4.78, 5) is 4.64. The van der Waals surface area contributed by atoms with Crippen molar-refractivity contribution in [2.24, 2.45) is 0 Å². The molecule has 0 radical (unpaired) electrons. The average Bonchev–Trinajstić information content (AvgIpc) is 2.55. The number of nitrogens with zero attached hydrogens (tertiary/aromatic N) is 1. The van der Waals surface area contributed by atoms with Gasteiger partial charge in [-0.05, 0) is 37.3 Å². The maximum absolute atomic E-state index is 4.64. The molecular weight excluding hydrogens is 266 g/mol. The molecule has 1 aromatic heterocycles. The minimum atomic E-state index is 1.18. The van der Waals surface area contributed by atoms with Crippen LogP contribution in [0.15, 0.2) is 18.3 Å². The predicted octanol–water partition coefficient (Wildman–Crippen LogP) is 6.89. The van der Waals surface area contributed by atoms with E-state index in [2.05, 4.69) is 31.0 Å². The van der Waals surface area contributed by atoms with Gasteiger partial charge in [0, 0.05) is 11.9 Å². The third-order valence-electron chi connectivity index (χ3n) is 4.55. The van der Waals surface area contributed by atoms with Crippen molar-refractivity contribution in [3.8, 4) is 0 Å². The molecule has 0 saturated carbocycles. The van der Waals surface area contributed by atoms with E-state index in [4.69, 9.17) is 0 Å². The molecule has 0 bridgehead atoms. The number of aromatic nitrogens is 1. The van der Waals surface area contributed by atoms with Crippen molar-refractivity contribution in [3.05, 3.63) is 29.6 Å². The Labute approximate surface area is 138 Å². The molecule has 0 aliphatic rings. The number of hydrogen-bond donors (Lipinski definition) is 0. The Bertz CT molecular complexity index is 324. The van der Waals surface area contributed by atoms with Gasteiger partial charge in [-0.2, -0.15) is 0 Å². The average molecular weight is 304 g/mol. The van der Waals surface area contributed by atoms with Crippen LogP contribution in [0.2, 0.25) is 0 Å². The first kappa shape index (κ1) is 19.2. The van der Waals surface area contributed by atoms with Crippen LogP contribution in [0.25, 0.3) is 0 Å². The number of hydrogen-bond acceptors (Lipinski definition) is 1. The van der Waals surface area contributed by atoms with Gasteiger partial charge in [-0.1, -0.05) is 84.1 Å². The highest BCUT2D eigenvalue weighted by Crippen LogP contribution is 2.15. The molecule has 1 aromatic rings. The van der Waals surface area contributed by atoms with Crippen LogP contribution in [0.1, 0.15) is 102 Å². The highest BCUT2D eigenvalue weighted by molar-refractivity contribution is 5.20. The summed E-state index contributed by atoms with van der Waals surface area (Å²) in [5.41, 5.74) is 2.87. The zero-order chi connectivity index (χ0) is 15.9. The van der Waals surface area contributed by atoms with Gasteiger partial charge < -0.3 is 0 Å². The Kier molecular flexibility index (Phi) is 12.0. The van der Waals surface area contributed by atoms with E-state index >= 15 is 0 Å². The first-order valence-electron chi connectivity index (χ1n) is 9.81. The second-order valence-electron chi connectivity index (χ2n) is 6.64. The second-order valence-corrected chi connectivity index (χ2v) is 6.64. The quantitative estimate of drug-likeness (QED) is 0.341. The topological polar surface area (TPSA) is 12.9 Å². The fourth-order valence-electron chi connectivity index (χ4n) is 3.09. The largest absolute Gasteiger partial charge is 0.261 e. The van der Waals surface area contributed by atoms with Crippen LogP contribution < -0.4 is 0 Å². The van der Waals surface area contributed by atoms with Crippen molar-refractivity contribution in [1.82, 2.24) is 4.98 Å². The zero-order valence-electron chi connectivity index (χ0n) is 15.1. The first-order valence-corrected chi connectivity index (χ1v) is 9.81. The molecule has 126 valence electrons. The molecule has 1 heterocycles. The predicted molar refractivity (Wildman–Crippen MR) is 98.4 cm³/mol. The van der Waals surface area contributed by atoms with Crippen molar-refractivity contribution < 1.29 is 0 Å². The number of unbranched alkanes of at least 4 members (excludes halogenated alkanes) is 10. The Hall–Kier alpha value is -0.850. The molecule has 0 aromatic carbocycles. The van der Waals surface area contributed by atoms with Crippen LogP contribution in [-0.2, 0) is 12.8 Å². The molecule has 22 heavy (non-hydrogen) atoms. The van der Waals surface area contributed by atoms with Crippen molar-refractivity contribution in [2.75, 3.05) is 0 Å². The minimum absolute atomic E-state index is 1.18. The molecule has 0 spiro atoms. The number of aryl methyl sites for hydroxylation is 2. The Balaban J connectivity index is 2.20. The SMILES string of the molecule is CCCCCCCCc1cccnc1CCCCCCCC. The molecule has 0 unspecified atom stereocenters. The lowest BCUT2D eigenvalue weighted by Crippen LogP contribution is -1.98. The van der Waals surface area contributed by atoms with E-state index in [1.54, 1.807) is 0 Å². The summed E-state index contributed by atoms with van der Waals surface area (Å²) in [6, 6.07) is 4.41. The molecule has 0 aliphatic heterocycles.